The average molecular weight is 396 g/mol. The number of carbonyl (C=O) groups is 1. The number of anilines is 1. The summed E-state index contributed by atoms with van der Waals surface area (Å²) < 4.78 is 56.4. The Bertz CT molecular complexity index is 953. The van der Waals surface area contributed by atoms with E-state index in [0.717, 1.165) is 12.1 Å². The summed E-state index contributed by atoms with van der Waals surface area (Å²) in [5, 5.41) is 5.94. The predicted octanol–water partition coefficient (Wildman–Crippen LogP) is 1.85. The van der Waals surface area contributed by atoms with Crippen LogP contribution in [-0.2, 0) is 17.3 Å². The van der Waals surface area contributed by atoms with E-state index in [9.17, 15) is 22.4 Å². The number of hydrogen-bond acceptors (Lipinski definition) is 4. The molecule has 0 radical (unpaired) electrons. The van der Waals surface area contributed by atoms with Crippen LogP contribution >= 0.6 is 0 Å². The Labute approximate surface area is 158 Å². The van der Waals surface area contributed by atoms with Crippen LogP contribution in [0.1, 0.15) is 27.0 Å². The number of nitrogen functional groups attached to an aromatic ring is 1. The highest BCUT2D eigenvalue weighted by Crippen LogP contribution is 2.30. The van der Waals surface area contributed by atoms with Gasteiger partial charge in [-0.1, -0.05) is 0 Å². The number of benzene rings is 2. The van der Waals surface area contributed by atoms with Crippen molar-refractivity contribution < 1.29 is 32.5 Å². The second kappa shape index (κ2) is 8.12. The lowest BCUT2D eigenvalue weighted by Gasteiger charge is -2.09. The predicted molar refractivity (Wildman–Crippen MR) is 95.6 cm³/mol. The number of carbonyl (C=O) groups excluding carboxylic acids is 1. The summed E-state index contributed by atoms with van der Waals surface area (Å²) >= 11 is 0. The molecule has 0 aliphatic carbocycles. The van der Waals surface area contributed by atoms with Crippen molar-refractivity contribution in [2.24, 2.45) is 5.73 Å². The standard InChI is InChI=1S/C19H17F4N3O2/c1-28-18(27)15-3-2-11(7-17(15)26)16(25)9-14(24)6-10-4-12(19(21,22)23)8-13(20)5-10/h2-5,7-9,25H,6,24,26H2,1H3/p+1. The van der Waals surface area contributed by atoms with E-state index in [1.165, 1.54) is 31.4 Å². The van der Waals surface area contributed by atoms with Crippen molar-refractivity contribution in [3.05, 3.63) is 76.2 Å². The molecule has 5 nitrogen and oxygen atoms in total. The first kappa shape index (κ1) is 20.9. The molecular weight excluding hydrogens is 378 g/mol. The fourth-order valence-electron chi connectivity index (χ4n) is 2.52. The number of rotatable bonds is 5. The molecule has 0 bridgehead atoms. The minimum atomic E-state index is -4.67. The fourth-order valence-corrected chi connectivity index (χ4v) is 2.52. The van der Waals surface area contributed by atoms with Crippen LogP contribution in [0.25, 0.3) is 0 Å². The van der Waals surface area contributed by atoms with Gasteiger partial charge in [0, 0.05) is 29.4 Å². The maximum Gasteiger partial charge on any atom is 0.416 e. The number of allylic oxidation sites excluding steroid dienone is 2. The van der Waals surface area contributed by atoms with Gasteiger partial charge in [-0.2, -0.15) is 13.2 Å². The van der Waals surface area contributed by atoms with Crippen LogP contribution in [0.2, 0.25) is 0 Å². The summed E-state index contributed by atoms with van der Waals surface area (Å²) in [6.45, 7) is 0. The fraction of sp³-hybridized carbons (Fsp3) is 0.158. The van der Waals surface area contributed by atoms with Gasteiger partial charge >= 0.3 is 12.1 Å². The van der Waals surface area contributed by atoms with Gasteiger partial charge in [-0.25, -0.2) is 9.18 Å². The van der Waals surface area contributed by atoms with Crippen LogP contribution in [0.4, 0.5) is 23.2 Å². The van der Waals surface area contributed by atoms with E-state index >= 15 is 0 Å². The minimum Gasteiger partial charge on any atom is -0.465 e. The minimum absolute atomic E-state index is 0.0504. The Balaban J connectivity index is 2.22. The summed E-state index contributed by atoms with van der Waals surface area (Å²) in [7, 11) is 1.22. The van der Waals surface area contributed by atoms with E-state index in [0.29, 0.717) is 11.6 Å². The van der Waals surface area contributed by atoms with Crippen LogP contribution in [0.15, 0.2) is 48.2 Å². The topological polar surface area (TPSA) is 104 Å². The van der Waals surface area contributed by atoms with Crippen LogP contribution < -0.4 is 16.9 Å². The maximum absolute atomic E-state index is 13.5. The van der Waals surface area contributed by atoms with Crippen molar-refractivity contribution >= 4 is 17.4 Å². The number of hydrogen-bond donors (Lipinski definition) is 3. The lowest BCUT2D eigenvalue weighted by molar-refractivity contribution is -0.137. The summed E-state index contributed by atoms with van der Waals surface area (Å²) in [4.78, 5) is 11.5. The third kappa shape index (κ3) is 5.09. The number of ether oxygens (including phenoxy) is 1. The van der Waals surface area contributed by atoms with Gasteiger partial charge in [-0.05, 0) is 42.0 Å². The van der Waals surface area contributed by atoms with E-state index in [2.05, 4.69) is 4.74 Å². The Morgan fingerprint density at radius 2 is 1.89 bits per heavy atom. The second-order valence-corrected chi connectivity index (χ2v) is 5.99. The molecule has 2 aromatic carbocycles. The van der Waals surface area contributed by atoms with Gasteiger partial charge in [0.1, 0.15) is 5.82 Å². The highest BCUT2D eigenvalue weighted by atomic mass is 19.4. The lowest BCUT2D eigenvalue weighted by atomic mass is 10.0. The molecular formula is C19H18F4N3O2+. The lowest BCUT2D eigenvalue weighted by Crippen LogP contribution is -2.39. The zero-order chi connectivity index (χ0) is 21.1. The molecule has 2 aromatic rings. The Morgan fingerprint density at radius 1 is 1.21 bits per heavy atom. The number of methoxy groups -OCH3 is 1. The zero-order valence-corrected chi connectivity index (χ0v) is 14.8. The molecule has 148 valence electrons. The summed E-state index contributed by atoms with van der Waals surface area (Å²) in [6, 6.07) is 6.59. The third-order valence-corrected chi connectivity index (χ3v) is 3.82. The van der Waals surface area contributed by atoms with Crippen molar-refractivity contribution in [3.8, 4) is 0 Å². The summed E-state index contributed by atoms with van der Waals surface area (Å²) in [6.07, 6.45) is -3.47. The summed E-state index contributed by atoms with van der Waals surface area (Å²) in [5.41, 5.74) is 11.6. The SMILES string of the molecule is COC(=O)c1ccc(C(=[NH2+])C=C(N)Cc2cc(F)cc(C(F)(F)F)c2)cc1N. The van der Waals surface area contributed by atoms with Gasteiger partial charge in [0.05, 0.1) is 18.2 Å². The highest BCUT2D eigenvalue weighted by Gasteiger charge is 2.31. The number of alkyl halides is 3. The molecule has 9 heteroatoms. The molecule has 2 rings (SSSR count). The highest BCUT2D eigenvalue weighted by molar-refractivity contribution is 6.06. The van der Waals surface area contributed by atoms with E-state index < -0.39 is 23.5 Å². The van der Waals surface area contributed by atoms with Crippen molar-refractivity contribution in [2.45, 2.75) is 12.6 Å². The molecule has 6 N–H and O–H groups in total. The van der Waals surface area contributed by atoms with Gasteiger partial charge in [-0.3, -0.25) is 5.41 Å². The van der Waals surface area contributed by atoms with Crippen LogP contribution in [-0.4, -0.2) is 18.8 Å². The molecule has 28 heavy (non-hydrogen) atoms. The molecule has 0 fully saturated rings. The number of nitrogens with two attached hydrogens (primary N) is 3. The Morgan fingerprint density at radius 3 is 2.46 bits per heavy atom. The first-order chi connectivity index (χ1) is 13.0. The smallest absolute Gasteiger partial charge is 0.416 e. The van der Waals surface area contributed by atoms with Crippen LogP contribution in [0.3, 0.4) is 0 Å². The second-order valence-electron chi connectivity index (χ2n) is 5.99. The van der Waals surface area contributed by atoms with Crippen molar-refractivity contribution in [1.29, 1.82) is 0 Å². The van der Waals surface area contributed by atoms with Gasteiger partial charge in [-0.15, -0.1) is 0 Å². The maximum atomic E-state index is 13.5. The van der Waals surface area contributed by atoms with Crippen molar-refractivity contribution in [2.75, 3.05) is 12.8 Å². The molecule has 0 aliphatic rings. The van der Waals surface area contributed by atoms with Crippen molar-refractivity contribution in [3.63, 3.8) is 0 Å². The van der Waals surface area contributed by atoms with Gasteiger partial charge in [0.2, 0.25) is 5.71 Å². The number of halogens is 4. The molecule has 0 aromatic heterocycles. The van der Waals surface area contributed by atoms with E-state index in [1.807, 2.05) is 0 Å². The molecule has 0 saturated carbocycles. The van der Waals surface area contributed by atoms with Crippen molar-refractivity contribution in [1.82, 2.24) is 0 Å². The van der Waals surface area contributed by atoms with Gasteiger partial charge < -0.3 is 16.2 Å². The molecule has 0 heterocycles. The zero-order valence-electron chi connectivity index (χ0n) is 14.8. The third-order valence-electron chi connectivity index (χ3n) is 3.82. The Hall–Kier alpha value is -3.36. The van der Waals surface area contributed by atoms with E-state index in [-0.39, 0.29) is 34.6 Å². The Kier molecular flexibility index (Phi) is 6.07. The van der Waals surface area contributed by atoms with Crippen LogP contribution in [0, 0.1) is 5.82 Å². The van der Waals surface area contributed by atoms with Gasteiger partial charge in [0.15, 0.2) is 0 Å². The first-order valence-corrected chi connectivity index (χ1v) is 7.94. The van der Waals surface area contributed by atoms with Gasteiger partial charge in [0.25, 0.3) is 0 Å². The largest absolute Gasteiger partial charge is 0.465 e. The van der Waals surface area contributed by atoms with Crippen LogP contribution in [0.5, 0.6) is 0 Å². The van der Waals surface area contributed by atoms with E-state index in [4.69, 9.17) is 16.9 Å². The molecule has 0 saturated heterocycles. The summed E-state index contributed by atoms with van der Waals surface area (Å²) in [5.74, 6) is -1.62. The first-order valence-electron chi connectivity index (χ1n) is 7.94. The molecule has 0 atom stereocenters. The average Bonchev–Trinajstić information content (AvgIpc) is 2.59. The molecule has 0 amide bonds. The molecule has 0 unspecified atom stereocenters. The quantitative estimate of drug-likeness (QED) is 0.311. The molecule has 0 spiro atoms. The normalized spacial score (nSPS) is 12.0. The molecule has 0 aliphatic heterocycles. The van der Waals surface area contributed by atoms with E-state index in [1.54, 1.807) is 0 Å². The number of esters is 1. The monoisotopic (exact) mass is 396 g/mol.